The van der Waals surface area contributed by atoms with Gasteiger partial charge in [-0.3, -0.25) is 0 Å². The molecule has 1 N–H and O–H groups in total. The Balaban J connectivity index is 0.000000698. The minimum absolute atomic E-state index is 0.0503. The molecule has 0 fully saturated rings. The van der Waals surface area contributed by atoms with E-state index in [9.17, 15) is 11.3 Å². The van der Waals surface area contributed by atoms with Crippen LogP contribution in [0.3, 0.4) is 0 Å². The normalized spacial score (nSPS) is 11.7. The first-order valence-corrected chi connectivity index (χ1v) is 10.4. The fourth-order valence-electron chi connectivity index (χ4n) is 2.53. The zero-order chi connectivity index (χ0) is 21.5. The number of phenols is 1. The van der Waals surface area contributed by atoms with E-state index in [1.807, 2.05) is 30.3 Å². The van der Waals surface area contributed by atoms with Crippen LogP contribution >= 0.6 is 0 Å². The molecule has 0 spiro atoms. The standard InChI is InChI=1S/C18H30O.C5H5.2FH.Ti/c1-16(2,3)12-10-13(17(4,5)6)15(19)14(11-12)18(7,8)9;1-2-4-5-3-1;;;/h10-11,19H,1-9H3;1-5H;2*1H;/q;-1;;;+2/p-2. The van der Waals surface area contributed by atoms with E-state index in [1.165, 1.54) is 5.56 Å². The quantitative estimate of drug-likeness (QED) is 0.350. The Labute approximate surface area is 174 Å². The molecule has 0 aromatic heterocycles. The molecule has 0 aliphatic heterocycles. The minimum Gasteiger partial charge on any atom is -0.214 e. The van der Waals surface area contributed by atoms with Gasteiger partial charge in [-0.05, 0) is 32.9 Å². The van der Waals surface area contributed by atoms with Gasteiger partial charge < -0.3 is 5.11 Å². The summed E-state index contributed by atoms with van der Waals surface area (Å²) in [6.07, 6.45) is 0. The zero-order valence-corrected chi connectivity index (χ0v) is 19.8. The van der Waals surface area contributed by atoms with Gasteiger partial charge in [0, 0.05) is 0 Å². The molecule has 0 saturated heterocycles. The maximum absolute atomic E-state index is 10.7. The third-order valence-electron chi connectivity index (χ3n) is 4.15. The molecule has 0 heterocycles. The molecule has 27 heavy (non-hydrogen) atoms. The Morgan fingerprint density at radius 1 is 0.741 bits per heavy atom. The zero-order valence-electron chi connectivity index (χ0n) is 18.2. The summed E-state index contributed by atoms with van der Waals surface area (Å²) in [6.45, 7) is 19.6. The van der Waals surface area contributed by atoms with E-state index in [2.05, 4.69) is 74.4 Å². The summed E-state index contributed by atoms with van der Waals surface area (Å²) >= 11 is -2.50. The molecule has 2 rings (SSSR count). The van der Waals surface area contributed by atoms with Crippen LogP contribution in [0.1, 0.15) is 79.0 Å². The van der Waals surface area contributed by atoms with E-state index in [4.69, 9.17) is 0 Å². The molecule has 0 aliphatic rings. The molecule has 1 nitrogen and oxygen atoms in total. The molecule has 0 amide bonds. The van der Waals surface area contributed by atoms with Crippen LogP contribution in [-0.2, 0) is 36.5 Å². The van der Waals surface area contributed by atoms with Crippen LogP contribution in [0.5, 0.6) is 5.75 Å². The number of benzene rings is 1. The van der Waals surface area contributed by atoms with Gasteiger partial charge in [-0.25, -0.2) is 12.1 Å². The Morgan fingerprint density at radius 3 is 1.26 bits per heavy atom. The van der Waals surface area contributed by atoms with Crippen molar-refractivity contribution in [2.24, 2.45) is 0 Å². The molecule has 0 bridgehead atoms. The van der Waals surface area contributed by atoms with Gasteiger partial charge >= 0.3 is 26.4 Å². The second-order valence-corrected chi connectivity index (χ2v) is 9.93. The van der Waals surface area contributed by atoms with Gasteiger partial charge in [-0.15, -0.1) is 0 Å². The Bertz CT molecular complexity index is 605. The summed E-state index contributed by atoms with van der Waals surface area (Å²) in [5.41, 5.74) is 3.37. The third kappa shape index (κ3) is 9.12. The van der Waals surface area contributed by atoms with Gasteiger partial charge in [0.1, 0.15) is 5.75 Å². The van der Waals surface area contributed by atoms with Crippen LogP contribution in [-0.4, -0.2) is 5.11 Å². The first-order chi connectivity index (χ1) is 12.2. The van der Waals surface area contributed by atoms with Gasteiger partial charge in [0.25, 0.3) is 0 Å². The molecule has 0 unspecified atom stereocenters. The summed E-state index contributed by atoms with van der Waals surface area (Å²) in [5, 5.41) is 10.7. The summed E-state index contributed by atoms with van der Waals surface area (Å²) in [7, 11) is 0. The Kier molecular flexibility index (Phi) is 10.1. The van der Waals surface area contributed by atoms with Gasteiger partial charge in [-0.2, -0.15) is 18.2 Å². The number of phenolic OH excluding ortho intramolecular Hbond substituents is 1. The van der Waals surface area contributed by atoms with Crippen LogP contribution in [0.2, 0.25) is 0 Å². The fourth-order valence-corrected chi connectivity index (χ4v) is 2.53. The smallest absolute Gasteiger partial charge is 0.172 e. The van der Waals surface area contributed by atoms with Crippen molar-refractivity contribution < 1.29 is 31.5 Å². The summed E-state index contributed by atoms with van der Waals surface area (Å²) in [4.78, 5) is 0. The van der Waals surface area contributed by atoms with E-state index in [0.29, 0.717) is 5.75 Å². The maximum atomic E-state index is 10.7. The number of rotatable bonds is 0. The molecule has 0 saturated carbocycles. The van der Waals surface area contributed by atoms with Crippen LogP contribution in [0.4, 0.5) is 6.18 Å². The van der Waals surface area contributed by atoms with Gasteiger partial charge in [0.05, 0.1) is 0 Å². The van der Waals surface area contributed by atoms with Gasteiger partial charge in [0.2, 0.25) is 0 Å². The van der Waals surface area contributed by atoms with E-state index >= 15 is 0 Å². The minimum atomic E-state index is -2.50. The topological polar surface area (TPSA) is 20.2 Å². The molecular formula is C23H35F2OTi-. The average molecular weight is 413 g/mol. The van der Waals surface area contributed by atoms with E-state index in [-0.39, 0.29) is 16.2 Å². The molecular weight excluding hydrogens is 378 g/mol. The number of hydrogen-bond acceptors (Lipinski definition) is 1. The number of halogens is 2. The first kappa shape index (κ1) is 25.9. The Hall–Kier alpha value is -1.06. The monoisotopic (exact) mass is 413 g/mol. The van der Waals surface area contributed by atoms with Crippen molar-refractivity contribution in [3.8, 4) is 5.75 Å². The van der Waals surface area contributed by atoms with Gasteiger partial charge in [-0.1, -0.05) is 74.4 Å². The molecule has 0 aliphatic carbocycles. The summed E-state index contributed by atoms with van der Waals surface area (Å²) < 4.78 is 19.5. The van der Waals surface area contributed by atoms with Crippen molar-refractivity contribution in [3.05, 3.63) is 59.2 Å². The van der Waals surface area contributed by atoms with Crippen molar-refractivity contribution >= 4 is 0 Å². The van der Waals surface area contributed by atoms with Crippen LogP contribution in [0.15, 0.2) is 42.5 Å². The van der Waals surface area contributed by atoms with E-state index in [1.54, 1.807) is 0 Å². The molecule has 2 aromatic rings. The van der Waals surface area contributed by atoms with Crippen LogP contribution < -0.4 is 0 Å². The van der Waals surface area contributed by atoms with E-state index < -0.39 is 20.2 Å². The molecule has 152 valence electrons. The Morgan fingerprint density at radius 2 is 1.07 bits per heavy atom. The molecule has 2 aromatic carbocycles. The van der Waals surface area contributed by atoms with Crippen molar-refractivity contribution in [2.45, 2.75) is 78.6 Å². The molecule has 0 atom stereocenters. The maximum Gasteiger partial charge on any atom is -0.172 e. The van der Waals surface area contributed by atoms with E-state index in [0.717, 1.165) is 11.1 Å². The number of hydrogen-bond donors (Lipinski definition) is 1. The van der Waals surface area contributed by atoms with Crippen molar-refractivity contribution in [2.75, 3.05) is 0 Å². The van der Waals surface area contributed by atoms with Crippen molar-refractivity contribution in [3.63, 3.8) is 0 Å². The molecule has 4 heteroatoms. The largest absolute Gasteiger partial charge is 0.214 e. The van der Waals surface area contributed by atoms with Crippen LogP contribution in [0.25, 0.3) is 0 Å². The third-order valence-corrected chi connectivity index (χ3v) is 4.15. The number of aromatic hydroxyl groups is 1. The SMILES string of the molecule is CC(C)(C)c1cc(C(C)(C)C)c(O)c(C(C)(C)C)c1.[F][Ti][F].c1cc[cH-]c1. The van der Waals surface area contributed by atoms with Crippen LogP contribution in [0, 0.1) is 0 Å². The first-order valence-electron chi connectivity index (χ1n) is 9.17. The summed E-state index contributed by atoms with van der Waals surface area (Å²) in [6, 6.07) is 14.3. The summed E-state index contributed by atoms with van der Waals surface area (Å²) in [5.74, 6) is 0.466. The second-order valence-electron chi connectivity index (χ2n) is 9.70. The fraction of sp³-hybridized carbons (Fsp3) is 0.522. The predicted molar refractivity (Wildman–Crippen MR) is 108 cm³/mol. The van der Waals surface area contributed by atoms with Crippen molar-refractivity contribution in [1.29, 1.82) is 0 Å². The second kappa shape index (κ2) is 10.5. The van der Waals surface area contributed by atoms with Crippen molar-refractivity contribution in [1.82, 2.24) is 0 Å². The molecule has 0 radical (unpaired) electrons. The van der Waals surface area contributed by atoms with Gasteiger partial charge in [0.15, 0.2) is 0 Å². The predicted octanol–water partition coefficient (Wildman–Crippen LogP) is 7.53. The average Bonchev–Trinajstić information content (AvgIpc) is 3.03.